The third-order valence-electron chi connectivity index (χ3n) is 3.02. The maximum Gasteiger partial charge on any atom is 0.406 e. The molecule has 102 valence electrons. The van der Waals surface area contributed by atoms with Crippen LogP contribution in [0.1, 0.15) is 18.7 Å². The van der Waals surface area contributed by atoms with Crippen molar-refractivity contribution in [1.82, 2.24) is 14.9 Å². The third kappa shape index (κ3) is 2.39. The summed E-state index contributed by atoms with van der Waals surface area (Å²) in [5.41, 5.74) is 0. The predicted molar refractivity (Wildman–Crippen MR) is 64.4 cm³/mol. The van der Waals surface area contributed by atoms with Crippen molar-refractivity contribution >= 4 is 23.5 Å². The van der Waals surface area contributed by atoms with E-state index in [-0.39, 0.29) is 24.0 Å². The summed E-state index contributed by atoms with van der Waals surface area (Å²) in [6.45, 7) is 1.63. The molecule has 1 atom stereocenters. The summed E-state index contributed by atoms with van der Waals surface area (Å²) in [4.78, 5) is 36.8. The molecule has 1 aromatic rings. The molecular weight excluding hydrogens is 254 g/mol. The van der Waals surface area contributed by atoms with E-state index >= 15 is 0 Å². The van der Waals surface area contributed by atoms with Gasteiger partial charge < -0.3 is 15.4 Å². The molecule has 0 saturated carbocycles. The van der Waals surface area contributed by atoms with E-state index in [1.807, 2.05) is 0 Å². The number of aryl methyl sites for hydroxylation is 1. The summed E-state index contributed by atoms with van der Waals surface area (Å²) in [5, 5.41) is 15.9. The lowest BCUT2D eigenvalue weighted by molar-refractivity contribution is -0.388. The molecule has 19 heavy (non-hydrogen) atoms. The Morgan fingerprint density at radius 1 is 1.53 bits per heavy atom. The first-order chi connectivity index (χ1) is 8.90. The van der Waals surface area contributed by atoms with Gasteiger partial charge in [-0.3, -0.25) is 19.5 Å². The molecule has 2 amide bonds. The normalized spacial score (nSPS) is 19.2. The topological polar surface area (TPSA) is 119 Å². The van der Waals surface area contributed by atoms with E-state index in [9.17, 15) is 19.7 Å². The Balaban J connectivity index is 2.26. The molecule has 0 bridgehead atoms. The molecule has 0 spiro atoms. The van der Waals surface area contributed by atoms with Gasteiger partial charge in [0, 0.05) is 20.4 Å². The van der Waals surface area contributed by atoms with Gasteiger partial charge in [-0.05, 0) is 16.3 Å². The molecule has 0 aliphatic carbocycles. The number of anilines is 1. The van der Waals surface area contributed by atoms with Gasteiger partial charge in [-0.2, -0.15) is 0 Å². The van der Waals surface area contributed by atoms with Gasteiger partial charge in [-0.1, -0.05) is 0 Å². The second kappa shape index (κ2) is 4.67. The molecule has 9 heteroatoms. The van der Waals surface area contributed by atoms with Crippen molar-refractivity contribution in [3.8, 4) is 0 Å². The largest absolute Gasteiger partial charge is 0.406 e. The van der Waals surface area contributed by atoms with Gasteiger partial charge in [-0.15, -0.1) is 0 Å². The molecule has 1 fully saturated rings. The van der Waals surface area contributed by atoms with Gasteiger partial charge in [0.05, 0.1) is 0 Å². The van der Waals surface area contributed by atoms with Crippen molar-refractivity contribution < 1.29 is 14.5 Å². The monoisotopic (exact) mass is 267 g/mol. The summed E-state index contributed by atoms with van der Waals surface area (Å²) < 4.78 is 1.50. The van der Waals surface area contributed by atoms with E-state index in [2.05, 4.69) is 15.6 Å². The number of carbonyl (C=O) groups excluding carboxylic acids is 2. The Morgan fingerprint density at radius 2 is 2.21 bits per heavy atom. The number of rotatable bonds is 3. The molecule has 2 heterocycles. The van der Waals surface area contributed by atoms with Crippen LogP contribution in [0.2, 0.25) is 0 Å². The van der Waals surface area contributed by atoms with E-state index in [4.69, 9.17) is 0 Å². The highest BCUT2D eigenvalue weighted by atomic mass is 16.6. The zero-order valence-electron chi connectivity index (χ0n) is 10.5. The molecule has 1 aliphatic heterocycles. The van der Waals surface area contributed by atoms with Gasteiger partial charge >= 0.3 is 5.82 Å². The minimum absolute atomic E-state index is 0.164. The van der Waals surface area contributed by atoms with Gasteiger partial charge in [0.25, 0.3) is 0 Å². The van der Waals surface area contributed by atoms with Crippen LogP contribution >= 0.6 is 0 Å². The first-order valence-electron chi connectivity index (χ1n) is 5.68. The average molecular weight is 267 g/mol. The maximum atomic E-state index is 11.6. The summed E-state index contributed by atoms with van der Waals surface area (Å²) in [6, 6.07) is -0.675. The summed E-state index contributed by atoms with van der Waals surface area (Å²) >= 11 is 0. The minimum atomic E-state index is -0.675. The molecule has 1 aromatic heterocycles. The summed E-state index contributed by atoms with van der Waals surface area (Å²) in [6.07, 6.45) is 0.500. The number of hydrogen-bond donors (Lipinski definition) is 2. The van der Waals surface area contributed by atoms with Crippen molar-refractivity contribution in [3.63, 3.8) is 0 Å². The van der Waals surface area contributed by atoms with E-state index in [1.54, 1.807) is 14.0 Å². The Hall–Kier alpha value is -2.45. The minimum Gasteiger partial charge on any atom is -0.358 e. The van der Waals surface area contributed by atoms with E-state index in [1.165, 1.54) is 4.57 Å². The molecule has 0 aromatic carbocycles. The fraction of sp³-hybridized carbons (Fsp3) is 0.500. The zero-order valence-corrected chi connectivity index (χ0v) is 10.5. The van der Waals surface area contributed by atoms with Crippen LogP contribution in [0.3, 0.4) is 0 Å². The van der Waals surface area contributed by atoms with Gasteiger partial charge in [0.15, 0.2) is 0 Å². The highest BCUT2D eigenvalue weighted by Gasteiger charge is 2.31. The van der Waals surface area contributed by atoms with Crippen LogP contribution in [0.4, 0.5) is 11.6 Å². The fourth-order valence-electron chi connectivity index (χ4n) is 1.88. The number of aromatic nitrogens is 2. The van der Waals surface area contributed by atoms with Crippen LogP contribution in [0.25, 0.3) is 0 Å². The predicted octanol–water partition coefficient (Wildman–Crippen LogP) is -0.146. The summed E-state index contributed by atoms with van der Waals surface area (Å²) in [7, 11) is 1.61. The molecule has 1 saturated heterocycles. The van der Waals surface area contributed by atoms with Crippen molar-refractivity contribution in [1.29, 1.82) is 0 Å². The number of nitrogens with zero attached hydrogens (tertiary/aromatic N) is 3. The maximum absolute atomic E-state index is 11.6. The number of imide groups is 1. The lowest BCUT2D eigenvalue weighted by Crippen LogP contribution is -2.47. The van der Waals surface area contributed by atoms with Crippen LogP contribution in [-0.4, -0.2) is 32.3 Å². The third-order valence-corrected chi connectivity index (χ3v) is 3.02. The van der Waals surface area contributed by atoms with E-state index in [0.717, 1.165) is 0 Å². The first kappa shape index (κ1) is 13.0. The molecule has 9 nitrogen and oxygen atoms in total. The number of imidazole rings is 1. The SMILES string of the molecule is Cc1nc([N+](=O)[O-])c(NC2CCC(=O)NC2=O)n1C. The van der Waals surface area contributed by atoms with Crippen LogP contribution in [-0.2, 0) is 16.6 Å². The second-order valence-electron chi connectivity index (χ2n) is 4.30. The van der Waals surface area contributed by atoms with E-state index < -0.39 is 16.9 Å². The quantitative estimate of drug-likeness (QED) is 0.446. The molecule has 2 rings (SSSR count). The second-order valence-corrected chi connectivity index (χ2v) is 4.30. The number of nitro groups is 1. The van der Waals surface area contributed by atoms with Crippen LogP contribution in [0.15, 0.2) is 0 Å². The fourth-order valence-corrected chi connectivity index (χ4v) is 1.88. The van der Waals surface area contributed by atoms with Crippen LogP contribution in [0.5, 0.6) is 0 Å². The Labute approximate surface area is 108 Å². The smallest absolute Gasteiger partial charge is 0.358 e. The highest BCUT2D eigenvalue weighted by Crippen LogP contribution is 2.25. The molecule has 1 aliphatic rings. The summed E-state index contributed by atoms with van der Waals surface area (Å²) in [5.74, 6) is -0.522. The standard InChI is InChI=1S/C10H13N5O4/c1-5-11-9(15(18)19)8(14(5)2)12-6-3-4-7(16)13-10(6)17/h6,12H,3-4H2,1-2H3,(H,13,16,17). The first-order valence-corrected chi connectivity index (χ1v) is 5.68. The molecule has 2 N–H and O–H groups in total. The number of hydrogen-bond acceptors (Lipinski definition) is 6. The van der Waals surface area contributed by atoms with Gasteiger partial charge in [0.1, 0.15) is 6.04 Å². The highest BCUT2D eigenvalue weighted by molar-refractivity contribution is 6.01. The van der Waals surface area contributed by atoms with Crippen molar-refractivity contribution in [3.05, 3.63) is 15.9 Å². The zero-order chi connectivity index (χ0) is 14.2. The number of piperidine rings is 1. The van der Waals surface area contributed by atoms with Crippen LogP contribution in [0, 0.1) is 17.0 Å². The Bertz CT molecular complexity index is 565. The lowest BCUT2D eigenvalue weighted by Gasteiger charge is -2.22. The molecule has 0 radical (unpaired) electrons. The van der Waals surface area contributed by atoms with Crippen LogP contribution < -0.4 is 10.6 Å². The van der Waals surface area contributed by atoms with Crippen molar-refractivity contribution in [2.24, 2.45) is 7.05 Å². The Morgan fingerprint density at radius 3 is 2.79 bits per heavy atom. The van der Waals surface area contributed by atoms with Crippen molar-refractivity contribution in [2.45, 2.75) is 25.8 Å². The van der Waals surface area contributed by atoms with Gasteiger partial charge in [0.2, 0.25) is 23.5 Å². The lowest BCUT2D eigenvalue weighted by atomic mass is 10.1. The molecule has 1 unspecified atom stereocenters. The number of amides is 2. The molecular formula is C10H13N5O4. The average Bonchev–Trinajstić information content (AvgIpc) is 2.61. The number of nitrogens with one attached hydrogen (secondary N) is 2. The van der Waals surface area contributed by atoms with Gasteiger partial charge in [-0.25, -0.2) is 0 Å². The number of carbonyl (C=O) groups is 2. The van der Waals surface area contributed by atoms with E-state index in [0.29, 0.717) is 12.2 Å². The van der Waals surface area contributed by atoms with Crippen molar-refractivity contribution in [2.75, 3.05) is 5.32 Å². The Kier molecular flexibility index (Phi) is 3.19.